The van der Waals surface area contributed by atoms with Crippen LogP contribution in [0.2, 0.25) is 0 Å². The van der Waals surface area contributed by atoms with Crippen molar-refractivity contribution in [2.45, 2.75) is 117 Å². The number of alkyl carbamates (subject to hydrolysis) is 1. The van der Waals surface area contributed by atoms with Crippen LogP contribution in [-0.4, -0.2) is 194 Å². The Bertz CT molecular complexity index is 2820. The van der Waals surface area contributed by atoms with Gasteiger partial charge in [0.25, 0.3) is 5.56 Å². The molecule has 87 heavy (non-hydrogen) atoms. The lowest BCUT2D eigenvalue weighted by Crippen LogP contribution is -2.51. The average molecular weight is 1230 g/mol. The standard InChI is InChI=1S/C60H89N7O20/c1-7-60(75)46-32-49-53-44(36-67(49)56(72)45(46)37-84-57(60)73)43(42-31-50-51(86-38-85-50)33-48(42)65-53)34-63-52(69)35-64-55(71)47(10-8-9-13-62-58(74)87-59(4,5)6)66-54(70)41(39(2)3)30-40(68)11-14-76-16-18-78-20-22-80-24-26-82-28-29-83-27-25-81-23-21-79-19-17-77-15-12-61/h31-33,39,41,47,75H,7-30,34-38,61H2,1-6H3,(H,62,74)(H,63,69)(H,64,71)(H,66,70)/t41-,47-,60-/m0/s1. The van der Waals surface area contributed by atoms with E-state index in [1.165, 1.54) is 4.57 Å². The number of hydrogen-bond donors (Lipinski definition) is 6. The summed E-state index contributed by atoms with van der Waals surface area (Å²) in [5.41, 5.74) is 4.91. The van der Waals surface area contributed by atoms with Crippen LogP contribution < -0.4 is 42.0 Å². The molecule has 0 saturated heterocycles. The molecule has 484 valence electrons. The van der Waals surface area contributed by atoms with E-state index in [0.717, 1.165) is 0 Å². The van der Waals surface area contributed by atoms with Gasteiger partial charge in [-0.3, -0.25) is 24.0 Å². The van der Waals surface area contributed by atoms with Crippen molar-refractivity contribution >= 4 is 46.5 Å². The number of nitrogens with two attached hydrogens (primary N) is 1. The smallest absolute Gasteiger partial charge is 0.407 e. The highest BCUT2D eigenvalue weighted by Crippen LogP contribution is 2.43. The second kappa shape index (κ2) is 35.6. The van der Waals surface area contributed by atoms with Crippen molar-refractivity contribution in [3.05, 3.63) is 50.8 Å². The second-order valence-corrected chi connectivity index (χ2v) is 22.3. The molecule has 7 N–H and O–H groups in total. The van der Waals surface area contributed by atoms with Crippen LogP contribution >= 0.6 is 0 Å². The molecule has 2 aromatic heterocycles. The number of cyclic esters (lactones) is 1. The number of ketones is 1. The predicted molar refractivity (Wildman–Crippen MR) is 314 cm³/mol. The number of Topliss-reactive ketones (excluding diaryl/α,β-unsaturated/α-hetero) is 1. The molecular weight excluding hydrogens is 1140 g/mol. The Labute approximate surface area is 506 Å². The van der Waals surface area contributed by atoms with Crippen LogP contribution in [0.25, 0.3) is 22.3 Å². The molecule has 6 rings (SSSR count). The fraction of sp³-hybridized carbons (Fsp3) is 0.667. The van der Waals surface area contributed by atoms with E-state index < -0.39 is 65.0 Å². The van der Waals surface area contributed by atoms with Gasteiger partial charge >= 0.3 is 12.1 Å². The van der Waals surface area contributed by atoms with Crippen molar-refractivity contribution in [2.75, 3.05) is 132 Å². The van der Waals surface area contributed by atoms with Crippen molar-refractivity contribution in [3.8, 4) is 22.9 Å². The molecule has 0 radical (unpaired) electrons. The molecular formula is C60H89N7O20. The molecule has 0 aliphatic carbocycles. The number of pyridine rings is 2. The van der Waals surface area contributed by atoms with Gasteiger partial charge in [0.2, 0.25) is 24.5 Å². The van der Waals surface area contributed by atoms with Crippen LogP contribution in [0.15, 0.2) is 23.0 Å². The highest BCUT2D eigenvalue weighted by Gasteiger charge is 2.46. The molecule has 3 atom stereocenters. The number of aromatic nitrogens is 2. The van der Waals surface area contributed by atoms with Gasteiger partial charge in [-0.2, -0.15) is 0 Å². The Morgan fingerprint density at radius 1 is 0.736 bits per heavy atom. The number of rotatable bonds is 42. The molecule has 5 heterocycles. The number of carbonyl (C=O) groups excluding carboxylic acids is 6. The summed E-state index contributed by atoms with van der Waals surface area (Å²) in [6.45, 7) is 16.8. The van der Waals surface area contributed by atoms with Crippen molar-refractivity contribution in [3.63, 3.8) is 0 Å². The first-order valence-electron chi connectivity index (χ1n) is 29.9. The van der Waals surface area contributed by atoms with Crippen LogP contribution in [0, 0.1) is 11.8 Å². The van der Waals surface area contributed by atoms with Crippen LogP contribution in [0.4, 0.5) is 4.79 Å². The molecule has 3 aliphatic heterocycles. The van der Waals surface area contributed by atoms with Crippen LogP contribution in [0.1, 0.15) is 102 Å². The van der Waals surface area contributed by atoms with E-state index in [0.29, 0.717) is 150 Å². The molecule has 0 bridgehead atoms. The van der Waals surface area contributed by atoms with E-state index >= 15 is 0 Å². The quantitative estimate of drug-likeness (QED) is 0.0274. The minimum atomic E-state index is -2.04. The fourth-order valence-electron chi connectivity index (χ4n) is 9.71. The number of unbranched alkanes of at least 4 members (excludes halogenated alkanes) is 1. The Kier molecular flexibility index (Phi) is 28.5. The first-order chi connectivity index (χ1) is 41.8. The van der Waals surface area contributed by atoms with E-state index in [1.807, 2.05) is 13.8 Å². The number of carbonyl (C=O) groups is 6. The molecule has 4 amide bonds. The summed E-state index contributed by atoms with van der Waals surface area (Å²) < 4.78 is 67.2. The van der Waals surface area contributed by atoms with Gasteiger partial charge in [0, 0.05) is 61.0 Å². The monoisotopic (exact) mass is 1230 g/mol. The number of benzene rings is 1. The fourth-order valence-corrected chi connectivity index (χ4v) is 9.71. The van der Waals surface area contributed by atoms with Crippen molar-refractivity contribution in [1.82, 2.24) is 30.8 Å². The maximum atomic E-state index is 14.0. The van der Waals surface area contributed by atoms with Gasteiger partial charge in [-0.15, -0.1) is 0 Å². The topological polar surface area (TPSA) is 342 Å². The number of amides is 4. The van der Waals surface area contributed by atoms with Crippen molar-refractivity contribution < 1.29 is 90.7 Å². The summed E-state index contributed by atoms with van der Waals surface area (Å²) in [5, 5.41) is 23.1. The summed E-state index contributed by atoms with van der Waals surface area (Å²) in [7, 11) is 0. The van der Waals surface area contributed by atoms with Gasteiger partial charge in [0.15, 0.2) is 17.1 Å². The van der Waals surface area contributed by atoms with Gasteiger partial charge in [-0.25, -0.2) is 14.6 Å². The minimum absolute atomic E-state index is 0.0122. The summed E-state index contributed by atoms with van der Waals surface area (Å²) in [5.74, 6) is -2.96. The molecule has 27 nitrogen and oxygen atoms in total. The molecule has 0 saturated carbocycles. The molecule has 3 aliphatic rings. The lowest BCUT2D eigenvalue weighted by atomic mass is 9.86. The highest BCUT2D eigenvalue weighted by molar-refractivity contribution is 5.94. The summed E-state index contributed by atoms with van der Waals surface area (Å²) >= 11 is 0. The van der Waals surface area contributed by atoms with Gasteiger partial charge < -0.3 is 93.5 Å². The van der Waals surface area contributed by atoms with Crippen LogP contribution in [0.3, 0.4) is 0 Å². The molecule has 0 unspecified atom stereocenters. The lowest BCUT2D eigenvalue weighted by molar-refractivity contribution is -0.172. The minimum Gasteiger partial charge on any atom is -0.458 e. The Hall–Kier alpha value is -6.40. The third kappa shape index (κ3) is 21.4. The first-order valence-corrected chi connectivity index (χ1v) is 29.9. The predicted octanol–water partition coefficient (Wildman–Crippen LogP) is 2.43. The third-order valence-corrected chi connectivity index (χ3v) is 14.4. The van der Waals surface area contributed by atoms with E-state index in [2.05, 4.69) is 21.3 Å². The number of nitrogens with one attached hydrogen (secondary N) is 4. The molecule has 0 fully saturated rings. The van der Waals surface area contributed by atoms with E-state index in [-0.39, 0.29) is 101 Å². The number of aliphatic hydroxyl groups is 1. The summed E-state index contributed by atoms with van der Waals surface area (Å²) in [4.78, 5) is 99.0. The first kappa shape index (κ1) is 69.7. The van der Waals surface area contributed by atoms with Gasteiger partial charge in [-0.05, 0) is 70.1 Å². The van der Waals surface area contributed by atoms with E-state index in [9.17, 15) is 38.7 Å². The van der Waals surface area contributed by atoms with Crippen LogP contribution in [-0.2, 0) is 96.6 Å². The molecule has 1 aromatic carbocycles. The zero-order valence-corrected chi connectivity index (χ0v) is 51.1. The normalized spacial score (nSPS) is 15.6. The largest absolute Gasteiger partial charge is 0.458 e. The number of nitrogens with zero attached hydrogens (tertiary/aromatic N) is 2. The van der Waals surface area contributed by atoms with Gasteiger partial charge in [-0.1, -0.05) is 20.8 Å². The lowest BCUT2D eigenvalue weighted by Gasteiger charge is -2.31. The van der Waals surface area contributed by atoms with E-state index in [1.54, 1.807) is 45.9 Å². The van der Waals surface area contributed by atoms with Crippen molar-refractivity contribution in [2.24, 2.45) is 17.6 Å². The number of hydrogen-bond acceptors (Lipinski definition) is 22. The highest BCUT2D eigenvalue weighted by atomic mass is 16.7. The molecule has 27 heteroatoms. The Balaban J connectivity index is 0.942. The van der Waals surface area contributed by atoms with Crippen molar-refractivity contribution in [1.29, 1.82) is 0 Å². The SMILES string of the molecule is CC[C@@]1(O)C(=O)OCc2c1cc1n(c2=O)Cc2c-1nc1cc3c(cc1c2CNC(=O)CNC(=O)[C@H](CCCCNC(=O)OC(C)(C)C)NC(=O)[C@@H](CC(=O)CCOCCOCCOCCOCCOCCOCCOCCOCCN)C(C)C)OCO3. The molecule has 3 aromatic rings. The van der Waals surface area contributed by atoms with Gasteiger partial charge in [0.1, 0.15) is 24.0 Å². The third-order valence-electron chi connectivity index (χ3n) is 14.4. The number of ether oxygens (including phenoxy) is 12. The second-order valence-electron chi connectivity index (χ2n) is 22.3. The zero-order valence-electron chi connectivity index (χ0n) is 51.1. The van der Waals surface area contributed by atoms with E-state index in [4.69, 9.17) is 67.6 Å². The average Bonchev–Trinajstić information content (AvgIpc) is 1.64. The van der Waals surface area contributed by atoms with Crippen LogP contribution in [0.5, 0.6) is 11.5 Å². The Morgan fingerprint density at radius 2 is 1.31 bits per heavy atom. The number of fused-ring (bicyclic) bond motifs is 6. The zero-order chi connectivity index (χ0) is 62.8. The summed E-state index contributed by atoms with van der Waals surface area (Å²) in [6.07, 6.45) is 0.268. The summed E-state index contributed by atoms with van der Waals surface area (Å²) in [6, 6.07) is 3.92. The number of esters is 1. The Morgan fingerprint density at radius 3 is 1.87 bits per heavy atom. The van der Waals surface area contributed by atoms with Gasteiger partial charge in [0.05, 0.1) is 141 Å². The molecule has 0 spiro atoms. The maximum Gasteiger partial charge on any atom is 0.407 e. The maximum absolute atomic E-state index is 14.0.